The third-order valence-corrected chi connectivity index (χ3v) is 3.93. The van der Waals surface area contributed by atoms with E-state index < -0.39 is 12.0 Å². The zero-order chi connectivity index (χ0) is 14.8. The molecule has 1 unspecified atom stereocenters. The van der Waals surface area contributed by atoms with Crippen molar-refractivity contribution in [1.82, 2.24) is 9.88 Å². The summed E-state index contributed by atoms with van der Waals surface area (Å²) in [5.74, 6) is -1.15. The van der Waals surface area contributed by atoms with Crippen molar-refractivity contribution < 1.29 is 14.7 Å². The molecular weight excluding hydrogens is 268 g/mol. The summed E-state index contributed by atoms with van der Waals surface area (Å²) in [5, 5.41) is 10.1. The number of pyridine rings is 1. The number of aliphatic carboxylic acids is 1. The number of amides is 1. The maximum absolute atomic E-state index is 12.8. The van der Waals surface area contributed by atoms with Gasteiger partial charge in [0.15, 0.2) is 0 Å². The number of carbonyl (C=O) groups is 2. The van der Waals surface area contributed by atoms with Gasteiger partial charge in [-0.15, -0.1) is 0 Å². The van der Waals surface area contributed by atoms with E-state index in [2.05, 4.69) is 4.98 Å². The van der Waals surface area contributed by atoms with Crippen molar-refractivity contribution in [3.63, 3.8) is 0 Å². The average molecular weight is 284 g/mol. The Hall–Kier alpha value is -2.43. The average Bonchev–Trinajstić information content (AvgIpc) is 2.53. The van der Waals surface area contributed by atoms with Crippen LogP contribution in [-0.4, -0.2) is 39.5 Å². The summed E-state index contributed by atoms with van der Waals surface area (Å²) in [7, 11) is 0. The van der Waals surface area contributed by atoms with E-state index in [0.717, 1.165) is 23.7 Å². The van der Waals surface area contributed by atoms with Gasteiger partial charge in [-0.2, -0.15) is 0 Å². The van der Waals surface area contributed by atoms with E-state index in [0.29, 0.717) is 18.5 Å². The van der Waals surface area contributed by atoms with Crippen molar-refractivity contribution in [1.29, 1.82) is 0 Å². The Kier molecular flexibility index (Phi) is 3.56. The Morgan fingerprint density at radius 3 is 2.81 bits per heavy atom. The minimum atomic E-state index is -0.929. The summed E-state index contributed by atoms with van der Waals surface area (Å²) in [5.41, 5.74) is 1.26. The molecule has 1 aromatic carbocycles. The highest BCUT2D eigenvalue weighted by Gasteiger charge is 2.32. The van der Waals surface area contributed by atoms with E-state index in [4.69, 9.17) is 0 Å². The lowest BCUT2D eigenvalue weighted by atomic mass is 10.00. The third-order valence-electron chi connectivity index (χ3n) is 3.93. The lowest BCUT2D eigenvalue weighted by molar-refractivity contribution is -0.143. The smallest absolute Gasteiger partial charge is 0.326 e. The Balaban J connectivity index is 2.01. The molecule has 1 atom stereocenters. The van der Waals surface area contributed by atoms with Crippen LogP contribution in [0, 0.1) is 0 Å². The summed E-state index contributed by atoms with van der Waals surface area (Å²) in [6.45, 7) is 0.493. The molecule has 21 heavy (non-hydrogen) atoms. The normalized spacial score (nSPS) is 18.7. The molecule has 1 N–H and O–H groups in total. The first-order valence-corrected chi connectivity index (χ1v) is 7.06. The van der Waals surface area contributed by atoms with Crippen molar-refractivity contribution in [3.8, 4) is 0 Å². The molecule has 0 aliphatic carbocycles. The standard InChI is InChI=1S/C16H16N2O3/c19-15(18-10-4-3-7-14(18)16(20)21)12-8-9-17-13-6-2-1-5-11(12)13/h1-2,5-6,8-9,14H,3-4,7,10H2,(H,20,21). The largest absolute Gasteiger partial charge is 0.480 e. The molecule has 0 bridgehead atoms. The van der Waals surface area contributed by atoms with Gasteiger partial charge in [0.25, 0.3) is 5.91 Å². The van der Waals surface area contributed by atoms with Gasteiger partial charge in [-0.05, 0) is 31.4 Å². The van der Waals surface area contributed by atoms with Crippen LogP contribution >= 0.6 is 0 Å². The summed E-state index contributed by atoms with van der Waals surface area (Å²) < 4.78 is 0. The van der Waals surface area contributed by atoms with Crippen molar-refractivity contribution in [2.24, 2.45) is 0 Å². The van der Waals surface area contributed by atoms with Crippen molar-refractivity contribution in [2.75, 3.05) is 6.54 Å². The molecule has 108 valence electrons. The zero-order valence-electron chi connectivity index (χ0n) is 11.5. The highest BCUT2D eigenvalue weighted by Crippen LogP contribution is 2.23. The van der Waals surface area contributed by atoms with Crippen LogP contribution in [0.4, 0.5) is 0 Å². The highest BCUT2D eigenvalue weighted by molar-refractivity contribution is 6.07. The molecular formula is C16H16N2O3. The number of rotatable bonds is 2. The number of carboxylic acids is 1. The fourth-order valence-electron chi connectivity index (χ4n) is 2.87. The number of carbonyl (C=O) groups excluding carboxylic acids is 1. The first-order chi connectivity index (χ1) is 10.2. The molecule has 1 aromatic heterocycles. The van der Waals surface area contributed by atoms with Crippen LogP contribution in [0.2, 0.25) is 0 Å². The first kappa shape index (κ1) is 13.5. The van der Waals surface area contributed by atoms with Crippen LogP contribution in [-0.2, 0) is 4.79 Å². The highest BCUT2D eigenvalue weighted by atomic mass is 16.4. The lowest BCUT2D eigenvalue weighted by Crippen LogP contribution is -2.48. The third kappa shape index (κ3) is 2.46. The number of piperidine rings is 1. The van der Waals surface area contributed by atoms with E-state index in [-0.39, 0.29) is 5.91 Å². The van der Waals surface area contributed by atoms with Gasteiger partial charge >= 0.3 is 5.97 Å². The molecule has 1 aliphatic rings. The van der Waals surface area contributed by atoms with E-state index in [9.17, 15) is 14.7 Å². The Morgan fingerprint density at radius 2 is 2.00 bits per heavy atom. The van der Waals surface area contributed by atoms with E-state index in [1.54, 1.807) is 12.3 Å². The monoisotopic (exact) mass is 284 g/mol. The predicted octanol–water partition coefficient (Wildman–Crippen LogP) is 2.31. The molecule has 1 saturated heterocycles. The fourth-order valence-corrected chi connectivity index (χ4v) is 2.87. The number of hydrogen-bond donors (Lipinski definition) is 1. The number of para-hydroxylation sites is 1. The molecule has 3 rings (SSSR count). The van der Waals surface area contributed by atoms with E-state index in [1.165, 1.54) is 4.90 Å². The topological polar surface area (TPSA) is 70.5 Å². The number of nitrogens with zero attached hydrogens (tertiary/aromatic N) is 2. The van der Waals surface area contributed by atoms with Crippen LogP contribution in [0.15, 0.2) is 36.5 Å². The molecule has 0 saturated carbocycles. The number of likely N-dealkylation sites (tertiary alicyclic amines) is 1. The predicted molar refractivity (Wildman–Crippen MR) is 78.1 cm³/mol. The maximum Gasteiger partial charge on any atom is 0.326 e. The minimum absolute atomic E-state index is 0.222. The van der Waals surface area contributed by atoms with Crippen LogP contribution in [0.3, 0.4) is 0 Å². The summed E-state index contributed by atoms with van der Waals surface area (Å²) in [6, 6.07) is 8.35. The van der Waals surface area contributed by atoms with Crippen molar-refractivity contribution >= 4 is 22.8 Å². The van der Waals surface area contributed by atoms with Gasteiger partial charge in [0.2, 0.25) is 0 Å². The second-order valence-electron chi connectivity index (χ2n) is 5.22. The summed E-state index contributed by atoms with van der Waals surface area (Å²) >= 11 is 0. The molecule has 2 aromatic rings. The fraction of sp³-hybridized carbons (Fsp3) is 0.312. The van der Waals surface area contributed by atoms with Crippen LogP contribution < -0.4 is 0 Å². The van der Waals surface area contributed by atoms with Gasteiger partial charge < -0.3 is 10.0 Å². The second kappa shape index (κ2) is 5.52. The molecule has 5 nitrogen and oxygen atoms in total. The van der Waals surface area contributed by atoms with Gasteiger partial charge in [-0.1, -0.05) is 18.2 Å². The van der Waals surface area contributed by atoms with Gasteiger partial charge in [0.1, 0.15) is 6.04 Å². The van der Waals surface area contributed by atoms with E-state index >= 15 is 0 Å². The molecule has 1 amide bonds. The number of fused-ring (bicyclic) bond motifs is 1. The minimum Gasteiger partial charge on any atom is -0.480 e. The van der Waals surface area contributed by atoms with Crippen LogP contribution in [0.1, 0.15) is 29.6 Å². The molecule has 0 spiro atoms. The first-order valence-electron chi connectivity index (χ1n) is 7.06. The molecule has 1 aliphatic heterocycles. The molecule has 2 heterocycles. The maximum atomic E-state index is 12.8. The molecule has 1 fully saturated rings. The summed E-state index contributed by atoms with van der Waals surface area (Å²) in [6.07, 6.45) is 3.80. The van der Waals surface area contributed by atoms with Crippen LogP contribution in [0.5, 0.6) is 0 Å². The van der Waals surface area contributed by atoms with Gasteiger partial charge in [-0.3, -0.25) is 9.78 Å². The zero-order valence-corrected chi connectivity index (χ0v) is 11.5. The van der Waals surface area contributed by atoms with Crippen molar-refractivity contribution in [2.45, 2.75) is 25.3 Å². The van der Waals surface area contributed by atoms with Gasteiger partial charge in [-0.25, -0.2) is 4.79 Å². The molecule has 0 radical (unpaired) electrons. The second-order valence-corrected chi connectivity index (χ2v) is 5.22. The van der Waals surface area contributed by atoms with Gasteiger partial charge in [0.05, 0.1) is 11.1 Å². The molecule has 5 heteroatoms. The number of carboxylic acid groups (broad SMARTS) is 1. The summed E-state index contributed by atoms with van der Waals surface area (Å²) in [4.78, 5) is 29.8. The van der Waals surface area contributed by atoms with Crippen molar-refractivity contribution in [3.05, 3.63) is 42.1 Å². The quantitative estimate of drug-likeness (QED) is 0.918. The number of benzene rings is 1. The Labute approximate surface area is 122 Å². The lowest BCUT2D eigenvalue weighted by Gasteiger charge is -2.33. The Bertz CT molecular complexity index is 693. The van der Waals surface area contributed by atoms with E-state index in [1.807, 2.05) is 24.3 Å². The SMILES string of the molecule is O=C(O)C1CCCCN1C(=O)c1ccnc2ccccc12. The van der Waals surface area contributed by atoms with Crippen LogP contribution in [0.25, 0.3) is 10.9 Å². The number of hydrogen-bond acceptors (Lipinski definition) is 3. The van der Waals surface area contributed by atoms with Gasteiger partial charge in [0, 0.05) is 18.1 Å². The Morgan fingerprint density at radius 1 is 1.19 bits per heavy atom. The number of aromatic nitrogens is 1.